The van der Waals surface area contributed by atoms with Crippen LogP contribution in [0.1, 0.15) is 36.4 Å². The summed E-state index contributed by atoms with van der Waals surface area (Å²) in [5.41, 5.74) is 5.55. The van der Waals surface area contributed by atoms with Gasteiger partial charge in [-0.05, 0) is 85.1 Å². The molecule has 9 heteroatoms. The Bertz CT molecular complexity index is 1710. The van der Waals surface area contributed by atoms with Gasteiger partial charge in [-0.1, -0.05) is 54.6 Å². The number of carbonyl (C=O) groups is 1. The molecule has 1 atom stereocenters. The minimum Gasteiger partial charge on any atom is -0.352 e. The predicted octanol–water partition coefficient (Wildman–Crippen LogP) is 6.60. The van der Waals surface area contributed by atoms with Crippen LogP contribution in [0, 0.1) is 11.6 Å². The highest BCUT2D eigenvalue weighted by Crippen LogP contribution is 2.41. The Kier molecular flexibility index (Phi) is 9.77. The zero-order valence-corrected chi connectivity index (χ0v) is 27.2. The maximum atomic E-state index is 13.6. The van der Waals surface area contributed by atoms with E-state index in [9.17, 15) is 13.6 Å². The lowest BCUT2D eigenvalue weighted by Gasteiger charge is -2.45. The summed E-state index contributed by atoms with van der Waals surface area (Å²) in [6.07, 6.45) is 2.83. The number of likely N-dealkylation sites (tertiary alicyclic amines) is 1. The van der Waals surface area contributed by atoms with Gasteiger partial charge >= 0.3 is 0 Å². The number of halogens is 2. The number of hydrogen-bond acceptors (Lipinski definition) is 6. The van der Waals surface area contributed by atoms with Crippen molar-refractivity contribution in [3.63, 3.8) is 0 Å². The first-order valence-corrected chi connectivity index (χ1v) is 17.0. The molecular weight excluding hydrogens is 606 g/mol. The Morgan fingerprint density at radius 1 is 0.708 bits per heavy atom. The number of aliphatic imine (C=N–C) groups is 1. The summed E-state index contributed by atoms with van der Waals surface area (Å²) in [5, 5.41) is 3.06. The number of nitrogens with zero attached hydrogens (tertiary/aromatic N) is 5. The first-order chi connectivity index (χ1) is 23.5. The molecule has 0 saturated carbocycles. The third-order valence-corrected chi connectivity index (χ3v) is 9.73. The lowest BCUT2D eigenvalue weighted by atomic mass is 9.96. The molecule has 48 heavy (non-hydrogen) atoms. The van der Waals surface area contributed by atoms with Gasteiger partial charge in [0.1, 0.15) is 11.6 Å². The van der Waals surface area contributed by atoms with E-state index in [4.69, 9.17) is 4.99 Å². The fourth-order valence-electron chi connectivity index (χ4n) is 7.00. The van der Waals surface area contributed by atoms with Crippen molar-refractivity contribution in [2.24, 2.45) is 4.99 Å². The van der Waals surface area contributed by atoms with Gasteiger partial charge in [0.2, 0.25) is 11.9 Å². The number of rotatable bonds is 9. The van der Waals surface area contributed by atoms with Gasteiger partial charge in [-0.2, -0.15) is 0 Å². The number of carbonyl (C=O) groups excluding carboxylic acids is 1. The Hall–Kier alpha value is -4.60. The second kappa shape index (κ2) is 14.7. The molecule has 4 aromatic rings. The van der Waals surface area contributed by atoms with Gasteiger partial charge in [0.05, 0.1) is 18.2 Å². The fraction of sp³-hybridized carbons (Fsp3) is 0.333. The van der Waals surface area contributed by atoms with Crippen molar-refractivity contribution >= 4 is 23.2 Å². The maximum Gasteiger partial charge on any atom is 0.222 e. The molecule has 7 nitrogen and oxygen atoms in total. The van der Waals surface area contributed by atoms with E-state index in [0.29, 0.717) is 6.54 Å². The summed E-state index contributed by atoms with van der Waals surface area (Å²) < 4.78 is 27.1. The highest BCUT2D eigenvalue weighted by atomic mass is 19.1. The summed E-state index contributed by atoms with van der Waals surface area (Å²) in [7, 11) is 0. The van der Waals surface area contributed by atoms with Crippen LogP contribution in [0.5, 0.6) is 0 Å². The number of amides is 1. The zero-order chi connectivity index (χ0) is 32.9. The average Bonchev–Trinajstić information content (AvgIpc) is 3.65. The summed E-state index contributed by atoms with van der Waals surface area (Å²) in [6.45, 7) is 8.53. The molecule has 0 spiro atoms. The zero-order valence-electron chi connectivity index (χ0n) is 27.2. The molecule has 0 bridgehead atoms. The standard InChI is InChI=1S/C39H42F2N6O/c40-32-13-7-29(8-14-32)28-42-38(48)27-37-35-5-1-2-6-36(35)43-39(46-25-23-45(24-26-46)22-21-44-19-3-4-20-44)47(37)34-17-11-31(12-18-34)30-9-15-33(41)16-10-30/h1-2,5-18,37H,3-4,19-28H2,(H,42,48). The van der Waals surface area contributed by atoms with E-state index in [1.54, 1.807) is 24.3 Å². The Morgan fingerprint density at radius 2 is 1.29 bits per heavy atom. The number of guanidine groups is 1. The first kappa shape index (κ1) is 32.0. The van der Waals surface area contributed by atoms with E-state index in [2.05, 4.69) is 43.1 Å². The van der Waals surface area contributed by atoms with Crippen LogP contribution in [0.3, 0.4) is 0 Å². The van der Waals surface area contributed by atoms with Crippen molar-refractivity contribution < 1.29 is 13.6 Å². The Labute approximate surface area is 281 Å². The number of fused-ring (bicyclic) bond motifs is 1. The van der Waals surface area contributed by atoms with Crippen molar-refractivity contribution in [3.8, 4) is 11.1 Å². The van der Waals surface area contributed by atoms with Crippen LogP contribution in [-0.4, -0.2) is 78.9 Å². The van der Waals surface area contributed by atoms with E-state index in [1.807, 2.05) is 30.3 Å². The molecule has 0 aliphatic carbocycles. The van der Waals surface area contributed by atoms with Crippen LogP contribution >= 0.6 is 0 Å². The van der Waals surface area contributed by atoms with Crippen molar-refractivity contribution in [3.05, 3.63) is 120 Å². The molecule has 248 valence electrons. The summed E-state index contributed by atoms with van der Waals surface area (Å²) >= 11 is 0. The Morgan fingerprint density at radius 3 is 1.96 bits per heavy atom. The number of piperazine rings is 1. The van der Waals surface area contributed by atoms with Crippen LogP contribution < -0.4 is 10.2 Å². The monoisotopic (exact) mass is 648 g/mol. The molecule has 0 radical (unpaired) electrons. The van der Waals surface area contributed by atoms with E-state index >= 15 is 0 Å². The van der Waals surface area contributed by atoms with Crippen LogP contribution in [0.25, 0.3) is 11.1 Å². The topological polar surface area (TPSA) is 54.4 Å². The second-order valence-corrected chi connectivity index (χ2v) is 12.9. The molecule has 4 aromatic carbocycles. The van der Waals surface area contributed by atoms with Gasteiger partial charge < -0.3 is 20.0 Å². The minimum atomic E-state index is -0.302. The largest absolute Gasteiger partial charge is 0.352 e. The number of anilines is 1. The molecule has 2 saturated heterocycles. The van der Waals surface area contributed by atoms with Crippen molar-refractivity contribution in [1.82, 2.24) is 20.0 Å². The lowest BCUT2D eigenvalue weighted by molar-refractivity contribution is -0.121. The number of benzene rings is 4. The fourth-order valence-corrected chi connectivity index (χ4v) is 7.00. The quantitative estimate of drug-likeness (QED) is 0.222. The third kappa shape index (κ3) is 7.42. The van der Waals surface area contributed by atoms with Crippen LogP contribution in [0.15, 0.2) is 102 Å². The average molecular weight is 649 g/mol. The van der Waals surface area contributed by atoms with E-state index < -0.39 is 0 Å². The van der Waals surface area contributed by atoms with Gasteiger partial charge in [0.25, 0.3) is 0 Å². The molecule has 1 unspecified atom stereocenters. The molecule has 3 aliphatic rings. The second-order valence-electron chi connectivity index (χ2n) is 12.9. The van der Waals surface area contributed by atoms with Gasteiger partial charge in [0, 0.05) is 57.1 Å². The molecule has 7 rings (SSSR count). The van der Waals surface area contributed by atoms with Gasteiger partial charge in [-0.15, -0.1) is 0 Å². The van der Waals surface area contributed by atoms with Crippen molar-refractivity contribution in [1.29, 1.82) is 0 Å². The molecule has 1 amide bonds. The first-order valence-electron chi connectivity index (χ1n) is 17.0. The van der Waals surface area contributed by atoms with Crippen molar-refractivity contribution in [2.45, 2.75) is 31.8 Å². The van der Waals surface area contributed by atoms with Gasteiger partial charge in [-0.3, -0.25) is 9.69 Å². The van der Waals surface area contributed by atoms with Crippen LogP contribution in [0.4, 0.5) is 20.2 Å². The maximum absolute atomic E-state index is 13.6. The van der Waals surface area contributed by atoms with Crippen LogP contribution in [-0.2, 0) is 11.3 Å². The third-order valence-electron chi connectivity index (χ3n) is 9.73. The predicted molar refractivity (Wildman–Crippen MR) is 187 cm³/mol. The van der Waals surface area contributed by atoms with Crippen LogP contribution in [0.2, 0.25) is 0 Å². The van der Waals surface area contributed by atoms with E-state index in [1.165, 1.54) is 50.2 Å². The van der Waals surface area contributed by atoms with Crippen molar-refractivity contribution in [2.75, 3.05) is 57.3 Å². The Balaban J connectivity index is 1.16. The van der Waals surface area contributed by atoms with Gasteiger partial charge in [0.15, 0.2) is 0 Å². The lowest BCUT2D eigenvalue weighted by Crippen LogP contribution is -2.56. The smallest absolute Gasteiger partial charge is 0.222 e. The molecule has 0 aromatic heterocycles. The van der Waals surface area contributed by atoms with Gasteiger partial charge in [-0.25, -0.2) is 13.8 Å². The number of nitrogens with one attached hydrogen (secondary N) is 1. The number of hydrogen-bond donors (Lipinski definition) is 1. The van der Waals surface area contributed by atoms with E-state index in [-0.39, 0.29) is 30.0 Å². The summed E-state index contributed by atoms with van der Waals surface area (Å²) in [6, 6.07) is 28.7. The molecule has 1 N–H and O–H groups in total. The molecule has 3 aliphatic heterocycles. The van der Waals surface area contributed by atoms with E-state index in [0.717, 1.165) is 78.9 Å². The molecular formula is C39H42F2N6O. The summed E-state index contributed by atoms with van der Waals surface area (Å²) in [4.78, 5) is 28.5. The highest BCUT2D eigenvalue weighted by Gasteiger charge is 2.36. The minimum absolute atomic E-state index is 0.0972. The normalized spacial score (nSPS) is 18.5. The molecule has 3 heterocycles. The summed E-state index contributed by atoms with van der Waals surface area (Å²) in [5.74, 6) is 0.183. The number of para-hydroxylation sites is 1. The SMILES string of the molecule is O=C(CC1c2ccccc2N=C(N2CCN(CCN3CCCC3)CC2)N1c1ccc(-c2ccc(F)cc2)cc1)NCc1ccc(F)cc1. The molecule has 2 fully saturated rings. The highest BCUT2D eigenvalue weighted by molar-refractivity contribution is 6.01.